The summed E-state index contributed by atoms with van der Waals surface area (Å²) < 4.78 is 11.0. The fourth-order valence-corrected chi connectivity index (χ4v) is 3.26. The molecule has 116 valence electrons. The Balaban J connectivity index is 2.06. The van der Waals surface area contributed by atoms with Crippen LogP contribution in [0.5, 0.6) is 11.5 Å². The summed E-state index contributed by atoms with van der Waals surface area (Å²) in [7, 11) is 3.36. The number of hydrogen-bond acceptors (Lipinski definition) is 4. The molecule has 2 aromatic carbocycles. The molecule has 1 aliphatic rings. The second-order valence-corrected chi connectivity index (χ2v) is 5.60. The summed E-state index contributed by atoms with van der Waals surface area (Å²) in [5.74, 6) is 1.61. The van der Waals surface area contributed by atoms with Gasteiger partial charge in [0.25, 0.3) is 0 Å². The second-order valence-electron chi connectivity index (χ2n) is 5.60. The summed E-state index contributed by atoms with van der Waals surface area (Å²) in [5, 5.41) is 4.56. The molecule has 0 aliphatic carbocycles. The van der Waals surface area contributed by atoms with Crippen molar-refractivity contribution in [2.24, 2.45) is 0 Å². The number of methoxy groups -OCH3 is 2. The Morgan fingerprint density at radius 2 is 1.87 bits per heavy atom. The highest BCUT2D eigenvalue weighted by molar-refractivity contribution is 5.98. The van der Waals surface area contributed by atoms with Crippen molar-refractivity contribution in [3.8, 4) is 22.6 Å². The Labute approximate surface area is 135 Å². The molecule has 0 amide bonds. The summed E-state index contributed by atoms with van der Waals surface area (Å²) in [5.41, 5.74) is 5.67. The molecule has 3 aromatic rings. The summed E-state index contributed by atoms with van der Waals surface area (Å²) in [6.45, 7) is 1.64. The Morgan fingerprint density at radius 3 is 2.70 bits per heavy atom. The van der Waals surface area contributed by atoms with Crippen molar-refractivity contribution in [1.29, 1.82) is 0 Å². The zero-order valence-electron chi connectivity index (χ0n) is 13.2. The third kappa shape index (κ3) is 2.23. The van der Waals surface area contributed by atoms with Gasteiger partial charge in [0.2, 0.25) is 0 Å². The van der Waals surface area contributed by atoms with Crippen molar-refractivity contribution in [3.05, 3.63) is 53.7 Å². The average Bonchev–Trinajstić information content (AvgIpc) is 3.07. The maximum absolute atomic E-state index is 5.63. The van der Waals surface area contributed by atoms with E-state index in [1.54, 1.807) is 14.2 Å². The fourth-order valence-electron chi connectivity index (χ4n) is 3.26. The predicted molar refractivity (Wildman–Crippen MR) is 90.8 cm³/mol. The molecule has 0 spiro atoms. The summed E-state index contributed by atoms with van der Waals surface area (Å²) in [6, 6.07) is 14.2. The first-order chi connectivity index (χ1) is 11.3. The SMILES string of the molecule is COc1ccc(-c2c3c(nc4ccccc24)CNC3)c(OC)c1. The molecule has 4 rings (SSSR count). The maximum atomic E-state index is 5.63. The number of nitrogens with one attached hydrogen (secondary N) is 1. The van der Waals surface area contributed by atoms with Crippen LogP contribution < -0.4 is 14.8 Å². The van der Waals surface area contributed by atoms with E-state index in [1.807, 2.05) is 18.2 Å². The van der Waals surface area contributed by atoms with E-state index in [-0.39, 0.29) is 0 Å². The lowest BCUT2D eigenvalue weighted by atomic mass is 9.94. The molecule has 1 N–H and O–H groups in total. The van der Waals surface area contributed by atoms with Crippen LogP contribution in [0.3, 0.4) is 0 Å². The third-order valence-corrected chi connectivity index (χ3v) is 4.35. The molecule has 0 fully saturated rings. The molecule has 4 nitrogen and oxygen atoms in total. The van der Waals surface area contributed by atoms with Gasteiger partial charge >= 0.3 is 0 Å². The van der Waals surface area contributed by atoms with Gasteiger partial charge in [0.1, 0.15) is 11.5 Å². The maximum Gasteiger partial charge on any atom is 0.130 e. The monoisotopic (exact) mass is 306 g/mol. The van der Waals surface area contributed by atoms with Crippen molar-refractivity contribution in [3.63, 3.8) is 0 Å². The van der Waals surface area contributed by atoms with Crippen LogP contribution in [0.1, 0.15) is 11.3 Å². The minimum atomic E-state index is 0.790. The quantitative estimate of drug-likeness (QED) is 0.804. The van der Waals surface area contributed by atoms with Crippen LogP contribution in [0.25, 0.3) is 22.0 Å². The largest absolute Gasteiger partial charge is 0.497 e. The van der Waals surface area contributed by atoms with Crippen molar-refractivity contribution < 1.29 is 9.47 Å². The Morgan fingerprint density at radius 1 is 1.00 bits per heavy atom. The zero-order valence-corrected chi connectivity index (χ0v) is 13.2. The Bertz CT molecular complexity index is 890. The minimum absolute atomic E-state index is 0.790. The van der Waals surface area contributed by atoms with Crippen molar-refractivity contribution >= 4 is 10.9 Å². The number of fused-ring (bicyclic) bond motifs is 2. The van der Waals surface area contributed by atoms with Gasteiger partial charge in [0.05, 0.1) is 25.4 Å². The van der Waals surface area contributed by atoms with Gasteiger partial charge in [0.15, 0.2) is 0 Å². The number of aromatic nitrogens is 1. The molecule has 0 bridgehead atoms. The second kappa shape index (κ2) is 5.56. The van der Waals surface area contributed by atoms with E-state index in [1.165, 1.54) is 11.1 Å². The van der Waals surface area contributed by atoms with Gasteiger partial charge in [-0.3, -0.25) is 4.98 Å². The molecular formula is C19H18N2O2. The lowest BCUT2D eigenvalue weighted by Gasteiger charge is -2.16. The van der Waals surface area contributed by atoms with E-state index in [0.29, 0.717) is 0 Å². The summed E-state index contributed by atoms with van der Waals surface area (Å²) in [6.07, 6.45) is 0. The average molecular weight is 306 g/mol. The molecule has 0 saturated carbocycles. The number of para-hydroxylation sites is 1. The van der Waals surface area contributed by atoms with Crippen molar-refractivity contribution in [2.45, 2.75) is 13.1 Å². The molecule has 1 aromatic heterocycles. The fraction of sp³-hybridized carbons (Fsp3) is 0.211. The molecule has 0 unspecified atom stereocenters. The highest BCUT2D eigenvalue weighted by atomic mass is 16.5. The van der Waals surface area contributed by atoms with Crippen LogP contribution in [-0.2, 0) is 13.1 Å². The molecule has 23 heavy (non-hydrogen) atoms. The van der Waals surface area contributed by atoms with Crippen LogP contribution in [0, 0.1) is 0 Å². The summed E-state index contributed by atoms with van der Waals surface area (Å²) >= 11 is 0. The van der Waals surface area contributed by atoms with Crippen molar-refractivity contribution in [1.82, 2.24) is 10.3 Å². The molecule has 0 radical (unpaired) electrons. The van der Waals surface area contributed by atoms with Crippen LogP contribution in [0.2, 0.25) is 0 Å². The number of benzene rings is 2. The molecule has 0 atom stereocenters. The Hall–Kier alpha value is -2.59. The van der Waals surface area contributed by atoms with E-state index in [9.17, 15) is 0 Å². The number of hydrogen-bond donors (Lipinski definition) is 1. The highest BCUT2D eigenvalue weighted by Crippen LogP contribution is 2.40. The van der Waals surface area contributed by atoms with Crippen molar-refractivity contribution in [2.75, 3.05) is 14.2 Å². The van der Waals surface area contributed by atoms with Crippen LogP contribution in [0.4, 0.5) is 0 Å². The molecule has 0 saturated heterocycles. The standard InChI is InChI=1S/C19H18N2O2/c1-22-12-7-8-14(18(9-12)23-2)19-13-5-3-4-6-16(13)21-17-11-20-10-15(17)19/h3-9,20H,10-11H2,1-2H3. The van der Waals surface area contributed by atoms with Gasteiger partial charge < -0.3 is 14.8 Å². The first-order valence-electron chi connectivity index (χ1n) is 7.65. The van der Waals surface area contributed by atoms with Crippen LogP contribution in [-0.4, -0.2) is 19.2 Å². The lowest BCUT2D eigenvalue weighted by Crippen LogP contribution is -2.00. The van der Waals surface area contributed by atoms with E-state index in [0.717, 1.165) is 46.7 Å². The number of pyridine rings is 1. The number of ether oxygens (including phenoxy) is 2. The van der Waals surface area contributed by atoms with Gasteiger partial charge in [-0.25, -0.2) is 0 Å². The lowest BCUT2D eigenvalue weighted by molar-refractivity contribution is 0.395. The van der Waals surface area contributed by atoms with Gasteiger partial charge in [0, 0.05) is 35.7 Å². The van der Waals surface area contributed by atoms with Gasteiger partial charge in [-0.1, -0.05) is 18.2 Å². The molecule has 4 heteroatoms. The van der Waals surface area contributed by atoms with E-state index < -0.39 is 0 Å². The van der Waals surface area contributed by atoms with Gasteiger partial charge in [-0.2, -0.15) is 0 Å². The van der Waals surface area contributed by atoms with E-state index >= 15 is 0 Å². The number of nitrogens with zero attached hydrogens (tertiary/aromatic N) is 1. The van der Waals surface area contributed by atoms with Crippen LogP contribution in [0.15, 0.2) is 42.5 Å². The topological polar surface area (TPSA) is 43.4 Å². The smallest absolute Gasteiger partial charge is 0.130 e. The molecule has 2 heterocycles. The molecule has 1 aliphatic heterocycles. The van der Waals surface area contributed by atoms with Crippen LogP contribution >= 0.6 is 0 Å². The zero-order chi connectivity index (χ0) is 15.8. The predicted octanol–water partition coefficient (Wildman–Crippen LogP) is 3.52. The first kappa shape index (κ1) is 14.0. The van der Waals surface area contributed by atoms with Gasteiger partial charge in [-0.15, -0.1) is 0 Å². The number of rotatable bonds is 3. The minimum Gasteiger partial charge on any atom is -0.497 e. The molecular weight excluding hydrogens is 288 g/mol. The normalized spacial score (nSPS) is 13.1. The summed E-state index contributed by atoms with van der Waals surface area (Å²) in [4.78, 5) is 4.80. The first-order valence-corrected chi connectivity index (χ1v) is 7.65. The highest BCUT2D eigenvalue weighted by Gasteiger charge is 2.22. The van der Waals surface area contributed by atoms with Gasteiger partial charge in [-0.05, 0) is 23.8 Å². The Kier molecular flexibility index (Phi) is 3.39. The third-order valence-electron chi connectivity index (χ3n) is 4.35. The van der Waals surface area contributed by atoms with E-state index in [2.05, 4.69) is 29.6 Å². The van der Waals surface area contributed by atoms with E-state index in [4.69, 9.17) is 14.5 Å².